The van der Waals surface area contributed by atoms with Crippen LogP contribution < -0.4 is 5.32 Å². The van der Waals surface area contributed by atoms with Gasteiger partial charge in [-0.2, -0.15) is 0 Å². The molecule has 0 aliphatic heterocycles. The van der Waals surface area contributed by atoms with Crippen LogP contribution in [0.4, 0.5) is 0 Å². The van der Waals surface area contributed by atoms with Crippen LogP contribution in [0.1, 0.15) is 21.5 Å². The zero-order chi connectivity index (χ0) is 16.4. The van der Waals surface area contributed by atoms with E-state index in [4.69, 9.17) is 0 Å². The number of hydrogen-bond donors (Lipinski definition) is 3. The average Bonchev–Trinajstić information content (AvgIpc) is 2.89. The van der Waals surface area contributed by atoms with E-state index in [0.29, 0.717) is 12.1 Å². The maximum Gasteiger partial charge on any atom is 0.255 e. The molecule has 5 heteroatoms. The highest BCUT2D eigenvalue weighted by atomic mass is 79.9. The summed E-state index contributed by atoms with van der Waals surface area (Å²) < 4.78 is 1.03. The second-order valence-electron chi connectivity index (χ2n) is 5.53. The molecule has 0 aliphatic rings. The number of phenols is 1. The molecule has 3 N–H and O–H groups in total. The Balaban J connectivity index is 1.66. The molecule has 0 saturated heterocycles. The van der Waals surface area contributed by atoms with Crippen LogP contribution in [0.2, 0.25) is 0 Å². The lowest BCUT2D eigenvalue weighted by molar-refractivity contribution is 0.0951. The van der Waals surface area contributed by atoms with Crippen molar-refractivity contribution in [1.82, 2.24) is 10.3 Å². The summed E-state index contributed by atoms with van der Waals surface area (Å²) in [6, 6.07) is 11.1. The summed E-state index contributed by atoms with van der Waals surface area (Å²) in [5.41, 5.74) is 3.45. The van der Waals surface area contributed by atoms with Gasteiger partial charge in [-0.3, -0.25) is 4.79 Å². The number of rotatable bonds is 4. The molecule has 1 heterocycles. The van der Waals surface area contributed by atoms with Gasteiger partial charge in [0.2, 0.25) is 0 Å². The third kappa shape index (κ3) is 3.40. The fourth-order valence-corrected chi connectivity index (χ4v) is 2.96. The number of carbonyl (C=O) groups is 1. The Morgan fingerprint density at radius 2 is 2.09 bits per heavy atom. The van der Waals surface area contributed by atoms with E-state index >= 15 is 0 Å². The molecule has 118 valence electrons. The van der Waals surface area contributed by atoms with E-state index in [0.717, 1.165) is 32.9 Å². The summed E-state index contributed by atoms with van der Waals surface area (Å²) in [7, 11) is 0. The number of carbonyl (C=O) groups excluding carboxylic acids is 1. The topological polar surface area (TPSA) is 65.1 Å². The van der Waals surface area contributed by atoms with Crippen LogP contribution in [0.15, 0.2) is 47.1 Å². The van der Waals surface area contributed by atoms with E-state index < -0.39 is 0 Å². The molecular formula is C18H17BrN2O2. The molecule has 23 heavy (non-hydrogen) atoms. The standard InChI is InChI=1S/C18H17BrN2O2/c1-11-2-4-14(17(22)8-11)18(23)20-7-6-12-10-21-16-5-3-13(19)9-15(12)16/h2-5,8-10,21-22H,6-7H2,1H3,(H,20,23). The summed E-state index contributed by atoms with van der Waals surface area (Å²) in [6.07, 6.45) is 2.68. The van der Waals surface area contributed by atoms with Crippen molar-refractivity contribution < 1.29 is 9.90 Å². The molecule has 0 unspecified atom stereocenters. The summed E-state index contributed by atoms with van der Waals surface area (Å²) in [4.78, 5) is 15.4. The molecule has 1 amide bonds. The zero-order valence-electron chi connectivity index (χ0n) is 12.7. The minimum Gasteiger partial charge on any atom is -0.507 e. The number of halogens is 1. The zero-order valence-corrected chi connectivity index (χ0v) is 14.3. The molecule has 0 aliphatic carbocycles. The van der Waals surface area contributed by atoms with E-state index in [9.17, 15) is 9.90 Å². The average molecular weight is 373 g/mol. The number of aromatic hydroxyl groups is 1. The van der Waals surface area contributed by atoms with Crippen molar-refractivity contribution in [2.45, 2.75) is 13.3 Å². The van der Waals surface area contributed by atoms with Gasteiger partial charge in [0.15, 0.2) is 0 Å². The Labute approximate surface area is 142 Å². The second-order valence-corrected chi connectivity index (χ2v) is 6.45. The Morgan fingerprint density at radius 1 is 1.26 bits per heavy atom. The van der Waals surface area contributed by atoms with Crippen LogP contribution >= 0.6 is 15.9 Å². The van der Waals surface area contributed by atoms with Crippen LogP contribution in [0, 0.1) is 6.92 Å². The van der Waals surface area contributed by atoms with Crippen molar-refractivity contribution in [1.29, 1.82) is 0 Å². The molecule has 0 spiro atoms. The smallest absolute Gasteiger partial charge is 0.255 e. The predicted octanol–water partition coefficient (Wildman–Crippen LogP) is 3.92. The van der Waals surface area contributed by atoms with Crippen LogP contribution in [0.3, 0.4) is 0 Å². The maximum atomic E-state index is 12.1. The van der Waals surface area contributed by atoms with Gasteiger partial charge in [0.05, 0.1) is 5.56 Å². The summed E-state index contributed by atoms with van der Waals surface area (Å²) >= 11 is 3.48. The molecule has 0 fully saturated rings. The van der Waals surface area contributed by atoms with Gasteiger partial charge in [-0.25, -0.2) is 0 Å². The van der Waals surface area contributed by atoms with E-state index in [1.807, 2.05) is 31.3 Å². The predicted molar refractivity (Wildman–Crippen MR) is 94.9 cm³/mol. The van der Waals surface area contributed by atoms with Gasteiger partial charge >= 0.3 is 0 Å². The van der Waals surface area contributed by atoms with Gasteiger partial charge in [0.1, 0.15) is 5.75 Å². The fourth-order valence-electron chi connectivity index (χ4n) is 2.60. The molecule has 0 saturated carbocycles. The van der Waals surface area contributed by atoms with E-state index in [-0.39, 0.29) is 11.7 Å². The van der Waals surface area contributed by atoms with Gasteiger partial charge < -0.3 is 15.4 Å². The first-order valence-electron chi connectivity index (χ1n) is 7.38. The van der Waals surface area contributed by atoms with Crippen molar-refractivity contribution in [3.05, 3.63) is 63.8 Å². The number of phenolic OH excluding ortho intramolecular Hbond substituents is 1. The van der Waals surface area contributed by atoms with Crippen LogP contribution in [-0.4, -0.2) is 22.5 Å². The SMILES string of the molecule is Cc1ccc(C(=O)NCCc2c[nH]c3ccc(Br)cc23)c(O)c1. The Hall–Kier alpha value is -2.27. The van der Waals surface area contributed by atoms with Crippen molar-refractivity contribution in [2.24, 2.45) is 0 Å². The molecule has 3 rings (SSSR count). The van der Waals surface area contributed by atoms with Crippen LogP contribution in [0.25, 0.3) is 10.9 Å². The fraction of sp³-hybridized carbons (Fsp3) is 0.167. The number of aryl methyl sites for hydroxylation is 1. The number of aromatic amines is 1. The van der Waals surface area contributed by atoms with Gasteiger partial charge in [0.25, 0.3) is 5.91 Å². The lowest BCUT2D eigenvalue weighted by Gasteiger charge is -2.07. The lowest BCUT2D eigenvalue weighted by Crippen LogP contribution is -2.25. The first kappa shape index (κ1) is 15.6. The number of H-pyrrole nitrogens is 1. The summed E-state index contributed by atoms with van der Waals surface area (Å²) in [5.74, 6) is -0.248. The quantitative estimate of drug-likeness (QED) is 0.649. The van der Waals surface area contributed by atoms with Gasteiger partial charge in [-0.05, 0) is 54.8 Å². The van der Waals surface area contributed by atoms with Crippen molar-refractivity contribution in [3.63, 3.8) is 0 Å². The number of amides is 1. The van der Waals surface area contributed by atoms with E-state index in [1.165, 1.54) is 0 Å². The van der Waals surface area contributed by atoms with Gasteiger partial charge in [0, 0.05) is 28.1 Å². The van der Waals surface area contributed by atoms with Crippen molar-refractivity contribution in [2.75, 3.05) is 6.54 Å². The molecule has 0 radical (unpaired) electrons. The van der Waals surface area contributed by atoms with Crippen LogP contribution in [0.5, 0.6) is 5.75 Å². The minimum atomic E-state index is -0.261. The second kappa shape index (κ2) is 6.46. The number of fused-ring (bicyclic) bond motifs is 1. The normalized spacial score (nSPS) is 10.9. The molecule has 0 atom stereocenters. The monoisotopic (exact) mass is 372 g/mol. The van der Waals surface area contributed by atoms with E-state index in [2.05, 4.69) is 32.3 Å². The summed E-state index contributed by atoms with van der Waals surface area (Å²) in [6.45, 7) is 2.38. The number of benzene rings is 2. The van der Waals surface area contributed by atoms with Crippen LogP contribution in [-0.2, 0) is 6.42 Å². The largest absolute Gasteiger partial charge is 0.507 e. The first-order valence-corrected chi connectivity index (χ1v) is 8.17. The molecule has 3 aromatic rings. The third-order valence-electron chi connectivity index (χ3n) is 3.81. The highest BCUT2D eigenvalue weighted by Crippen LogP contribution is 2.23. The first-order chi connectivity index (χ1) is 11.0. The lowest BCUT2D eigenvalue weighted by atomic mass is 10.1. The molecule has 4 nitrogen and oxygen atoms in total. The van der Waals surface area contributed by atoms with E-state index in [1.54, 1.807) is 12.1 Å². The Morgan fingerprint density at radius 3 is 2.87 bits per heavy atom. The molecule has 0 bridgehead atoms. The molecule has 1 aromatic heterocycles. The Bertz CT molecular complexity index is 871. The number of aromatic nitrogens is 1. The highest BCUT2D eigenvalue weighted by Gasteiger charge is 2.11. The number of nitrogens with one attached hydrogen (secondary N) is 2. The third-order valence-corrected chi connectivity index (χ3v) is 4.30. The minimum absolute atomic E-state index is 0.0125. The molecule has 2 aromatic carbocycles. The van der Waals surface area contributed by atoms with Crippen molar-refractivity contribution >= 4 is 32.7 Å². The molecular weight excluding hydrogens is 356 g/mol. The number of hydrogen-bond acceptors (Lipinski definition) is 2. The maximum absolute atomic E-state index is 12.1. The van der Waals surface area contributed by atoms with Crippen molar-refractivity contribution in [3.8, 4) is 5.75 Å². The van der Waals surface area contributed by atoms with Gasteiger partial charge in [-0.1, -0.05) is 22.0 Å². The van der Waals surface area contributed by atoms with Gasteiger partial charge in [-0.15, -0.1) is 0 Å². The summed E-state index contributed by atoms with van der Waals surface area (Å²) in [5, 5.41) is 13.8. The highest BCUT2D eigenvalue weighted by molar-refractivity contribution is 9.10. The Kier molecular flexibility index (Phi) is 4.39.